The summed E-state index contributed by atoms with van der Waals surface area (Å²) in [5.74, 6) is 0.697. The largest absolute Gasteiger partial charge is 0.490 e. The average molecular weight is 339 g/mol. The third-order valence-corrected chi connectivity index (χ3v) is 5.23. The van der Waals surface area contributed by atoms with E-state index in [1.807, 2.05) is 19.9 Å². The number of halogens is 1. The minimum absolute atomic E-state index is 0.194. The lowest BCUT2D eigenvalue weighted by Gasteiger charge is -2.22. The molecular formula is C18H26FNO2S. The van der Waals surface area contributed by atoms with E-state index in [-0.39, 0.29) is 17.5 Å². The Labute approximate surface area is 140 Å². The molecule has 0 heterocycles. The molecule has 1 aromatic carbocycles. The first-order valence-electron chi connectivity index (χ1n) is 8.02. The molecular weight excluding hydrogens is 313 g/mol. The molecule has 1 aromatic rings. The van der Waals surface area contributed by atoms with E-state index in [0.29, 0.717) is 12.5 Å². The van der Waals surface area contributed by atoms with Gasteiger partial charge in [0.15, 0.2) is 11.6 Å². The van der Waals surface area contributed by atoms with Gasteiger partial charge in [0.05, 0.1) is 22.3 Å². The van der Waals surface area contributed by atoms with E-state index in [1.54, 1.807) is 12.1 Å². The molecule has 2 rings (SSSR count). The molecule has 0 bridgehead atoms. The maximum Gasteiger partial charge on any atom is 0.165 e. The molecule has 1 saturated carbocycles. The molecule has 0 spiro atoms. The summed E-state index contributed by atoms with van der Waals surface area (Å²) in [5, 5.41) is 5.58. The Morgan fingerprint density at radius 3 is 2.65 bits per heavy atom. The van der Waals surface area contributed by atoms with Crippen molar-refractivity contribution in [1.82, 2.24) is 0 Å². The van der Waals surface area contributed by atoms with Crippen molar-refractivity contribution < 1.29 is 13.3 Å². The van der Waals surface area contributed by atoms with E-state index >= 15 is 0 Å². The third kappa shape index (κ3) is 4.88. The van der Waals surface area contributed by atoms with Gasteiger partial charge < -0.3 is 4.74 Å². The lowest BCUT2D eigenvalue weighted by atomic mass is 9.92. The first kappa shape index (κ1) is 18.1. The maximum absolute atomic E-state index is 14.0. The first-order chi connectivity index (χ1) is 10.7. The van der Waals surface area contributed by atoms with Gasteiger partial charge >= 0.3 is 0 Å². The molecule has 1 fully saturated rings. The predicted octanol–water partition coefficient (Wildman–Crippen LogP) is 4.05. The highest BCUT2D eigenvalue weighted by molar-refractivity contribution is 7.84. The van der Waals surface area contributed by atoms with Crippen LogP contribution in [0.15, 0.2) is 24.3 Å². The highest BCUT2D eigenvalue weighted by Crippen LogP contribution is 2.33. The van der Waals surface area contributed by atoms with Gasteiger partial charge in [-0.1, -0.05) is 26.0 Å². The summed E-state index contributed by atoms with van der Waals surface area (Å²) >= 11 is 0. The second kappa shape index (κ2) is 7.14. The van der Waals surface area contributed by atoms with Crippen molar-refractivity contribution in [2.24, 2.45) is 17.0 Å². The maximum atomic E-state index is 14.0. The van der Waals surface area contributed by atoms with E-state index in [2.05, 4.69) is 13.8 Å². The van der Waals surface area contributed by atoms with Crippen molar-refractivity contribution in [3.05, 3.63) is 35.7 Å². The molecule has 128 valence electrons. The van der Waals surface area contributed by atoms with Gasteiger partial charge in [0.25, 0.3) is 0 Å². The summed E-state index contributed by atoms with van der Waals surface area (Å²) in [7, 11) is -1.48. The number of ether oxygens (including phenoxy) is 1. The van der Waals surface area contributed by atoms with E-state index in [1.165, 1.54) is 6.07 Å². The Bertz CT molecular complexity index is 621. The Kier molecular flexibility index (Phi) is 5.63. The van der Waals surface area contributed by atoms with Crippen molar-refractivity contribution in [3.63, 3.8) is 0 Å². The van der Waals surface area contributed by atoms with Crippen molar-refractivity contribution in [1.29, 1.82) is 0 Å². The van der Waals surface area contributed by atoms with Gasteiger partial charge in [0, 0.05) is 0 Å². The molecule has 5 heteroatoms. The van der Waals surface area contributed by atoms with Crippen LogP contribution < -0.4 is 9.88 Å². The molecule has 3 nitrogen and oxygen atoms in total. The molecule has 0 amide bonds. The van der Waals surface area contributed by atoms with Crippen molar-refractivity contribution >= 4 is 16.6 Å². The van der Waals surface area contributed by atoms with Gasteiger partial charge in [-0.05, 0) is 61.8 Å². The fourth-order valence-corrected chi connectivity index (χ4v) is 2.54. The molecule has 0 saturated heterocycles. The topological polar surface area (TPSA) is 52.3 Å². The molecule has 23 heavy (non-hydrogen) atoms. The van der Waals surface area contributed by atoms with Crippen molar-refractivity contribution in [2.45, 2.75) is 45.3 Å². The van der Waals surface area contributed by atoms with E-state index in [0.717, 1.165) is 24.0 Å². The molecule has 2 N–H and O–H groups in total. The molecule has 1 unspecified atom stereocenters. The Hall–Kier alpha value is -1.20. The zero-order chi connectivity index (χ0) is 17.2. The Balaban J connectivity index is 2.33. The van der Waals surface area contributed by atoms with E-state index < -0.39 is 15.7 Å². The lowest BCUT2D eigenvalue weighted by molar-refractivity contribution is 0.285. The minimum Gasteiger partial charge on any atom is -0.490 e. The monoisotopic (exact) mass is 339 g/mol. The van der Waals surface area contributed by atoms with Crippen LogP contribution in [0, 0.1) is 17.7 Å². The highest BCUT2D eigenvalue weighted by Gasteiger charge is 2.24. The average Bonchev–Trinajstić information content (AvgIpc) is 3.28. The van der Waals surface area contributed by atoms with Gasteiger partial charge in [0.2, 0.25) is 0 Å². The van der Waals surface area contributed by atoms with Crippen LogP contribution in [0.1, 0.15) is 46.1 Å². The lowest BCUT2D eigenvalue weighted by Crippen LogP contribution is -2.30. The second-order valence-corrected chi connectivity index (χ2v) is 8.70. The van der Waals surface area contributed by atoms with Crippen LogP contribution in [0.4, 0.5) is 4.39 Å². The zero-order valence-electron chi connectivity index (χ0n) is 14.3. The van der Waals surface area contributed by atoms with Crippen LogP contribution in [0.25, 0.3) is 5.57 Å². The van der Waals surface area contributed by atoms with Crippen molar-refractivity contribution in [3.8, 4) is 5.75 Å². The summed E-state index contributed by atoms with van der Waals surface area (Å²) in [6.45, 7) is 8.34. The molecule has 0 aliphatic heterocycles. The molecule has 1 aliphatic rings. The predicted molar refractivity (Wildman–Crippen MR) is 93.8 cm³/mol. The molecule has 0 radical (unpaired) electrons. The zero-order valence-corrected chi connectivity index (χ0v) is 15.1. The fraction of sp³-hybridized carbons (Fsp3) is 0.556. The molecule has 1 aliphatic carbocycles. The van der Waals surface area contributed by atoms with Gasteiger partial charge in [-0.2, -0.15) is 0 Å². The van der Waals surface area contributed by atoms with Gasteiger partial charge in [0.1, 0.15) is 0 Å². The summed E-state index contributed by atoms with van der Waals surface area (Å²) in [6.07, 6.45) is 4.25. The molecule has 1 atom stereocenters. The smallest absolute Gasteiger partial charge is 0.165 e. The Morgan fingerprint density at radius 1 is 1.48 bits per heavy atom. The number of hydrogen-bond acceptors (Lipinski definition) is 2. The minimum atomic E-state index is -1.48. The van der Waals surface area contributed by atoms with Crippen LogP contribution in [-0.2, 0) is 11.0 Å². The fourth-order valence-electron chi connectivity index (χ4n) is 2.30. The quantitative estimate of drug-likeness (QED) is 0.814. The number of hydrogen-bond donors (Lipinski definition) is 1. The number of nitrogens with two attached hydrogens (primary N) is 1. The standard InChI is InChI=1S/C18H26FNO2S/c1-12(2)15(10-18(3,4)23(20)21)14-7-8-16(19)17(9-14)22-11-13-5-6-13/h7-10,12-13H,5-6,11,20H2,1-4H3. The SMILES string of the molecule is CC(C)C(=CC(C)(C)S(N)=O)c1ccc(F)c(OCC2CC2)c1. The van der Waals surface area contributed by atoms with Gasteiger partial charge in [-0.3, -0.25) is 5.14 Å². The number of allylic oxidation sites excluding steroid dienone is 1. The number of benzene rings is 1. The first-order valence-corrected chi connectivity index (χ1v) is 9.23. The normalized spacial score (nSPS) is 17.4. The van der Waals surface area contributed by atoms with Crippen molar-refractivity contribution in [2.75, 3.05) is 6.61 Å². The van der Waals surface area contributed by atoms with E-state index in [4.69, 9.17) is 9.88 Å². The highest BCUT2D eigenvalue weighted by atomic mass is 32.2. The van der Waals surface area contributed by atoms with Crippen LogP contribution >= 0.6 is 0 Å². The van der Waals surface area contributed by atoms with Crippen LogP contribution in [0.5, 0.6) is 5.75 Å². The second-order valence-electron chi connectivity index (χ2n) is 7.05. The summed E-state index contributed by atoms with van der Waals surface area (Å²) in [6, 6.07) is 4.90. The Morgan fingerprint density at radius 2 is 2.13 bits per heavy atom. The van der Waals surface area contributed by atoms with Crippen LogP contribution in [-0.4, -0.2) is 15.6 Å². The number of rotatable bonds is 7. The van der Waals surface area contributed by atoms with Crippen LogP contribution in [0.2, 0.25) is 0 Å². The summed E-state index contributed by atoms with van der Waals surface area (Å²) in [4.78, 5) is 0. The summed E-state index contributed by atoms with van der Waals surface area (Å²) < 4.78 is 30.7. The summed E-state index contributed by atoms with van der Waals surface area (Å²) in [5.41, 5.74) is 1.87. The van der Waals surface area contributed by atoms with Gasteiger partial charge in [-0.15, -0.1) is 0 Å². The van der Waals surface area contributed by atoms with E-state index in [9.17, 15) is 8.60 Å². The third-order valence-electron chi connectivity index (χ3n) is 4.08. The van der Waals surface area contributed by atoms with Crippen LogP contribution in [0.3, 0.4) is 0 Å². The molecule has 0 aromatic heterocycles. The van der Waals surface area contributed by atoms with Gasteiger partial charge in [-0.25, -0.2) is 8.60 Å².